The zero-order valence-corrected chi connectivity index (χ0v) is 14.5. The van der Waals surface area contributed by atoms with Gasteiger partial charge < -0.3 is 10.6 Å². The molecular formula is C17H19ClN6O. The average Bonchev–Trinajstić information content (AvgIpc) is 2.96. The molecule has 7 nitrogen and oxygen atoms in total. The first-order chi connectivity index (χ1) is 11.8. The van der Waals surface area contributed by atoms with E-state index in [0.29, 0.717) is 18.2 Å². The Kier molecular flexibility index (Phi) is 6.36. The van der Waals surface area contributed by atoms with Gasteiger partial charge in [-0.2, -0.15) is 5.10 Å². The second-order valence-corrected chi connectivity index (χ2v) is 5.02. The molecule has 0 saturated carbocycles. The molecule has 8 heteroatoms. The molecule has 3 rings (SSSR count). The lowest BCUT2D eigenvalue weighted by molar-refractivity contribution is 0.482. The lowest BCUT2D eigenvalue weighted by Gasteiger charge is -2.05. The third-order valence-electron chi connectivity index (χ3n) is 3.30. The normalized spacial score (nSPS) is 10.4. The fraction of sp³-hybridized carbons (Fsp3) is 0.118. The number of nitrogen functional groups attached to an aromatic ring is 1. The van der Waals surface area contributed by atoms with Crippen LogP contribution < -0.4 is 16.0 Å². The van der Waals surface area contributed by atoms with Gasteiger partial charge >= 0.3 is 0 Å². The number of benzene rings is 2. The summed E-state index contributed by atoms with van der Waals surface area (Å²) in [7, 11) is 0. The van der Waals surface area contributed by atoms with Crippen LogP contribution >= 0.6 is 12.4 Å². The number of nitrogens with zero attached hydrogens (tertiary/aromatic N) is 4. The van der Waals surface area contributed by atoms with Gasteiger partial charge in [-0.1, -0.05) is 37.3 Å². The Bertz CT molecular complexity index is 834. The SMILES string of the molecule is CCc1nnc(N/N=C/c2cccc(Oc3ccccc3)c2)n1N.Cl. The zero-order valence-electron chi connectivity index (χ0n) is 13.7. The third-order valence-corrected chi connectivity index (χ3v) is 3.30. The maximum Gasteiger partial charge on any atom is 0.263 e. The second-order valence-electron chi connectivity index (χ2n) is 5.02. The molecule has 0 saturated heterocycles. The van der Waals surface area contributed by atoms with Crippen LogP contribution in [0.4, 0.5) is 5.95 Å². The predicted octanol–water partition coefficient (Wildman–Crippen LogP) is 3.21. The minimum absolute atomic E-state index is 0. The van der Waals surface area contributed by atoms with Gasteiger partial charge in [0.2, 0.25) is 0 Å². The highest BCUT2D eigenvalue weighted by atomic mass is 35.5. The summed E-state index contributed by atoms with van der Waals surface area (Å²) in [5, 5.41) is 12.0. The van der Waals surface area contributed by atoms with Gasteiger partial charge in [-0.15, -0.1) is 22.6 Å². The van der Waals surface area contributed by atoms with E-state index in [2.05, 4.69) is 20.7 Å². The van der Waals surface area contributed by atoms with Crippen LogP contribution in [0, 0.1) is 0 Å². The van der Waals surface area contributed by atoms with Crippen molar-refractivity contribution >= 4 is 24.6 Å². The Morgan fingerprint density at radius 3 is 2.60 bits per heavy atom. The van der Waals surface area contributed by atoms with E-state index >= 15 is 0 Å². The largest absolute Gasteiger partial charge is 0.457 e. The third kappa shape index (κ3) is 4.71. The summed E-state index contributed by atoms with van der Waals surface area (Å²) in [4.78, 5) is 0. The number of rotatable bonds is 6. The van der Waals surface area contributed by atoms with E-state index in [-0.39, 0.29) is 12.4 Å². The van der Waals surface area contributed by atoms with Crippen molar-refractivity contribution in [3.05, 3.63) is 66.0 Å². The molecule has 25 heavy (non-hydrogen) atoms. The van der Waals surface area contributed by atoms with Crippen molar-refractivity contribution in [3.8, 4) is 11.5 Å². The highest BCUT2D eigenvalue weighted by molar-refractivity contribution is 5.85. The molecule has 1 heterocycles. The molecule has 0 aliphatic rings. The molecule has 3 N–H and O–H groups in total. The van der Waals surface area contributed by atoms with Gasteiger partial charge in [0, 0.05) is 6.42 Å². The van der Waals surface area contributed by atoms with Gasteiger partial charge in [0.15, 0.2) is 5.82 Å². The van der Waals surface area contributed by atoms with Crippen molar-refractivity contribution in [1.29, 1.82) is 0 Å². The number of halogens is 1. The number of hydrazone groups is 1. The summed E-state index contributed by atoms with van der Waals surface area (Å²) in [6, 6.07) is 17.2. The van der Waals surface area contributed by atoms with Gasteiger partial charge in [0.05, 0.1) is 6.21 Å². The van der Waals surface area contributed by atoms with Crippen LogP contribution in [0.1, 0.15) is 18.3 Å². The Labute approximate surface area is 151 Å². The minimum Gasteiger partial charge on any atom is -0.457 e. The molecule has 0 aliphatic carbocycles. The average molecular weight is 359 g/mol. The Hall–Kier alpha value is -3.06. The first kappa shape index (κ1) is 18.3. The monoisotopic (exact) mass is 358 g/mol. The number of para-hydroxylation sites is 1. The summed E-state index contributed by atoms with van der Waals surface area (Å²) in [5.74, 6) is 8.44. The molecule has 0 aliphatic heterocycles. The lowest BCUT2D eigenvalue weighted by atomic mass is 10.2. The molecule has 0 fully saturated rings. The van der Waals surface area contributed by atoms with Crippen molar-refractivity contribution in [1.82, 2.24) is 14.9 Å². The molecule has 3 aromatic rings. The first-order valence-corrected chi connectivity index (χ1v) is 7.57. The number of hydrogen-bond acceptors (Lipinski definition) is 6. The molecule has 1 aromatic heterocycles. The number of nitrogens with one attached hydrogen (secondary N) is 1. The predicted molar refractivity (Wildman–Crippen MR) is 101 cm³/mol. The van der Waals surface area contributed by atoms with Crippen LogP contribution in [0.25, 0.3) is 0 Å². The van der Waals surface area contributed by atoms with Crippen LogP contribution in [0.2, 0.25) is 0 Å². The summed E-state index contributed by atoms with van der Waals surface area (Å²) in [5.41, 5.74) is 3.66. The Morgan fingerprint density at radius 1 is 1.12 bits per heavy atom. The van der Waals surface area contributed by atoms with Crippen LogP contribution in [-0.4, -0.2) is 21.1 Å². The van der Waals surface area contributed by atoms with Crippen LogP contribution in [0.5, 0.6) is 11.5 Å². The summed E-state index contributed by atoms with van der Waals surface area (Å²) in [6.07, 6.45) is 2.37. The molecule has 2 aromatic carbocycles. The highest BCUT2D eigenvalue weighted by Crippen LogP contribution is 2.21. The molecule has 0 atom stereocenters. The fourth-order valence-corrected chi connectivity index (χ4v) is 2.09. The minimum atomic E-state index is 0. The first-order valence-electron chi connectivity index (χ1n) is 7.57. The van der Waals surface area contributed by atoms with E-state index in [1.54, 1.807) is 6.21 Å². The molecular weight excluding hydrogens is 340 g/mol. The van der Waals surface area contributed by atoms with Crippen molar-refractivity contribution in [2.75, 3.05) is 11.3 Å². The Balaban J connectivity index is 0.00000225. The van der Waals surface area contributed by atoms with Crippen molar-refractivity contribution in [2.45, 2.75) is 13.3 Å². The maximum atomic E-state index is 5.84. The van der Waals surface area contributed by atoms with Gasteiger partial charge in [0.25, 0.3) is 5.95 Å². The van der Waals surface area contributed by atoms with Crippen molar-refractivity contribution in [2.24, 2.45) is 5.10 Å². The number of anilines is 1. The number of hydrogen-bond donors (Lipinski definition) is 2. The highest BCUT2D eigenvalue weighted by Gasteiger charge is 2.05. The van der Waals surface area contributed by atoms with Crippen LogP contribution in [0.15, 0.2) is 59.7 Å². The van der Waals surface area contributed by atoms with Crippen molar-refractivity contribution < 1.29 is 4.74 Å². The van der Waals surface area contributed by atoms with Gasteiger partial charge in [-0.05, 0) is 29.8 Å². The van der Waals surface area contributed by atoms with Crippen LogP contribution in [0.3, 0.4) is 0 Å². The zero-order chi connectivity index (χ0) is 16.8. The van der Waals surface area contributed by atoms with Crippen molar-refractivity contribution in [3.63, 3.8) is 0 Å². The number of aromatic nitrogens is 3. The summed E-state index contributed by atoms with van der Waals surface area (Å²) >= 11 is 0. The Morgan fingerprint density at radius 2 is 1.88 bits per heavy atom. The number of nitrogens with two attached hydrogens (primary N) is 1. The molecule has 0 unspecified atom stereocenters. The molecule has 130 valence electrons. The van der Waals surface area contributed by atoms with E-state index in [1.807, 2.05) is 61.5 Å². The maximum absolute atomic E-state index is 5.84. The second kappa shape index (κ2) is 8.70. The number of ether oxygens (including phenoxy) is 1. The van der Waals surface area contributed by atoms with E-state index in [0.717, 1.165) is 17.1 Å². The quantitative estimate of drug-likeness (QED) is 0.401. The standard InChI is InChI=1S/C17H18N6O.ClH/c1-2-16-20-22-17(23(16)18)21-19-12-13-7-6-10-15(11-13)24-14-8-4-3-5-9-14;/h3-12H,2,18H2,1H3,(H,21,22);1H/b19-12+;. The topological polar surface area (TPSA) is 90.4 Å². The van der Waals surface area contributed by atoms with Gasteiger partial charge in [0.1, 0.15) is 11.5 Å². The summed E-state index contributed by atoms with van der Waals surface area (Å²) in [6.45, 7) is 1.96. The smallest absolute Gasteiger partial charge is 0.263 e. The van der Waals surface area contributed by atoms with E-state index in [9.17, 15) is 0 Å². The van der Waals surface area contributed by atoms with E-state index in [1.165, 1.54) is 4.68 Å². The number of aryl methyl sites for hydroxylation is 1. The van der Waals surface area contributed by atoms with Crippen LogP contribution in [-0.2, 0) is 6.42 Å². The van der Waals surface area contributed by atoms with E-state index in [4.69, 9.17) is 10.6 Å². The molecule has 0 amide bonds. The summed E-state index contributed by atoms with van der Waals surface area (Å²) < 4.78 is 7.17. The van der Waals surface area contributed by atoms with E-state index < -0.39 is 0 Å². The fourth-order valence-electron chi connectivity index (χ4n) is 2.09. The van der Waals surface area contributed by atoms with Gasteiger partial charge in [-0.3, -0.25) is 0 Å². The lowest BCUT2D eigenvalue weighted by Crippen LogP contribution is -2.14. The molecule has 0 radical (unpaired) electrons. The van der Waals surface area contributed by atoms with Gasteiger partial charge in [-0.25, -0.2) is 10.1 Å². The molecule has 0 bridgehead atoms. The molecule has 0 spiro atoms.